The summed E-state index contributed by atoms with van der Waals surface area (Å²) < 4.78 is 0. The highest BCUT2D eigenvalue weighted by atomic mass is 14.9. The molecule has 246 valence electrons. The van der Waals surface area contributed by atoms with Crippen molar-refractivity contribution in [1.29, 1.82) is 0 Å². The van der Waals surface area contributed by atoms with Crippen LogP contribution < -0.4 is 0 Å². The zero-order valence-corrected chi connectivity index (χ0v) is 29.5. The quantitative estimate of drug-likeness (QED) is 0.0787. The monoisotopic (exact) mass is 585 g/mol. The molecule has 1 aromatic rings. The van der Waals surface area contributed by atoms with E-state index in [0.717, 1.165) is 18.7 Å². The molecular formula is C40H76N2. The molecule has 0 atom stereocenters. The van der Waals surface area contributed by atoms with Gasteiger partial charge in [0.1, 0.15) is 5.82 Å². The van der Waals surface area contributed by atoms with Gasteiger partial charge < -0.3 is 0 Å². The predicted octanol–water partition coefficient (Wildman–Crippen LogP) is 13.6. The lowest BCUT2D eigenvalue weighted by molar-refractivity contribution is 0.553. The Labute approximate surface area is 265 Å². The molecule has 1 aromatic heterocycles. The van der Waals surface area contributed by atoms with Gasteiger partial charge in [-0.1, -0.05) is 182 Å². The van der Waals surface area contributed by atoms with Gasteiger partial charge in [-0.2, -0.15) is 0 Å². The van der Waals surface area contributed by atoms with Gasteiger partial charge in [-0.05, 0) is 50.5 Å². The van der Waals surface area contributed by atoms with Crippen LogP contribution in [0.15, 0.2) is 0 Å². The normalized spacial score (nSPS) is 11.5. The number of nitrogens with zero attached hydrogens (tertiary/aromatic N) is 2. The summed E-state index contributed by atoms with van der Waals surface area (Å²) in [7, 11) is 0. The molecule has 0 saturated heterocycles. The van der Waals surface area contributed by atoms with E-state index in [9.17, 15) is 0 Å². The molecule has 0 unspecified atom stereocenters. The van der Waals surface area contributed by atoms with Crippen LogP contribution in [-0.2, 0) is 25.7 Å². The van der Waals surface area contributed by atoms with Crippen LogP contribution in [0.5, 0.6) is 0 Å². The maximum absolute atomic E-state index is 5.23. The minimum absolute atomic E-state index is 1.04. The van der Waals surface area contributed by atoms with Crippen LogP contribution in [0.25, 0.3) is 0 Å². The lowest BCUT2D eigenvalue weighted by Gasteiger charge is -2.16. The van der Waals surface area contributed by atoms with Crippen molar-refractivity contribution in [3.63, 3.8) is 0 Å². The summed E-state index contributed by atoms with van der Waals surface area (Å²) in [5.74, 6) is 1.13. The van der Waals surface area contributed by atoms with E-state index < -0.39 is 0 Å². The van der Waals surface area contributed by atoms with Gasteiger partial charge in [0.05, 0.1) is 0 Å². The second-order valence-electron chi connectivity index (χ2n) is 13.5. The van der Waals surface area contributed by atoms with Crippen molar-refractivity contribution in [2.75, 3.05) is 0 Å². The molecule has 0 aliphatic carbocycles. The molecule has 0 N–H and O–H groups in total. The van der Waals surface area contributed by atoms with Gasteiger partial charge >= 0.3 is 0 Å². The highest BCUT2D eigenvalue weighted by Crippen LogP contribution is 2.22. The smallest absolute Gasteiger partial charge is 0.128 e. The maximum Gasteiger partial charge on any atom is 0.128 e. The zero-order chi connectivity index (χ0) is 30.4. The third kappa shape index (κ3) is 21.7. The van der Waals surface area contributed by atoms with Crippen molar-refractivity contribution in [3.8, 4) is 0 Å². The van der Waals surface area contributed by atoms with E-state index in [0.29, 0.717) is 0 Å². The zero-order valence-electron chi connectivity index (χ0n) is 29.5. The number of rotatable bonds is 32. The fourth-order valence-electron chi connectivity index (χ4n) is 6.49. The second-order valence-corrected chi connectivity index (χ2v) is 13.5. The predicted molar refractivity (Wildman–Crippen MR) is 189 cm³/mol. The van der Waals surface area contributed by atoms with Gasteiger partial charge in [-0.25, -0.2) is 9.97 Å². The number of unbranched alkanes of at least 4 members (excludes halogenated alkanes) is 24. The fraction of sp³-hybridized carbons (Fsp3) is 0.900. The summed E-state index contributed by atoms with van der Waals surface area (Å²) >= 11 is 0. The van der Waals surface area contributed by atoms with E-state index in [1.165, 1.54) is 204 Å². The molecule has 2 heteroatoms. The Morgan fingerprint density at radius 1 is 0.286 bits per heavy atom. The Morgan fingerprint density at radius 3 is 0.881 bits per heavy atom. The van der Waals surface area contributed by atoms with Crippen molar-refractivity contribution in [2.24, 2.45) is 0 Å². The number of hydrogen-bond donors (Lipinski definition) is 0. The Bertz CT molecular complexity index is 654. The van der Waals surface area contributed by atoms with E-state index in [4.69, 9.17) is 9.97 Å². The summed E-state index contributed by atoms with van der Waals surface area (Å²) in [4.78, 5) is 10.5. The first-order chi connectivity index (χ1) is 20.8. The molecule has 2 nitrogen and oxygen atoms in total. The van der Waals surface area contributed by atoms with Crippen LogP contribution in [0, 0.1) is 0 Å². The van der Waals surface area contributed by atoms with Crippen LogP contribution in [-0.4, -0.2) is 9.97 Å². The van der Waals surface area contributed by atoms with Gasteiger partial charge in [0.15, 0.2) is 0 Å². The van der Waals surface area contributed by atoms with Crippen LogP contribution in [0.3, 0.4) is 0 Å². The SMILES string of the molecule is CCCCCCCCCCCc1nc(CCC)nc(CCCCCCCCCCC)c1CCCCCCCCCCC. The minimum Gasteiger partial charge on any atom is -0.238 e. The highest BCUT2D eigenvalue weighted by Gasteiger charge is 2.14. The largest absolute Gasteiger partial charge is 0.238 e. The molecule has 0 bridgehead atoms. The van der Waals surface area contributed by atoms with Gasteiger partial charge in [0.25, 0.3) is 0 Å². The third-order valence-electron chi connectivity index (χ3n) is 9.26. The molecule has 0 fully saturated rings. The van der Waals surface area contributed by atoms with Crippen molar-refractivity contribution >= 4 is 0 Å². The average molecular weight is 585 g/mol. The number of aryl methyl sites for hydroxylation is 3. The summed E-state index contributed by atoms with van der Waals surface area (Å²) in [5, 5.41) is 0. The standard InChI is InChI=1S/C40H76N2/c1-5-9-12-15-18-21-24-27-30-34-37-38(35-31-28-25-22-19-16-13-10-6-2)41-40(33-8-4)42-39(37)36-32-29-26-23-20-17-14-11-7-3/h5-36H2,1-4H3. The molecule has 1 rings (SSSR count). The van der Waals surface area contributed by atoms with E-state index >= 15 is 0 Å². The molecular weight excluding hydrogens is 508 g/mol. The first-order valence-corrected chi connectivity index (χ1v) is 19.6. The molecule has 0 spiro atoms. The lowest BCUT2D eigenvalue weighted by Crippen LogP contribution is -2.11. The van der Waals surface area contributed by atoms with Crippen LogP contribution in [0.1, 0.15) is 230 Å². The van der Waals surface area contributed by atoms with Gasteiger partial charge in [-0.3, -0.25) is 0 Å². The Morgan fingerprint density at radius 2 is 0.571 bits per heavy atom. The van der Waals surface area contributed by atoms with E-state index in [1.54, 1.807) is 5.56 Å². The molecule has 0 aliphatic heterocycles. The van der Waals surface area contributed by atoms with Crippen molar-refractivity contribution in [1.82, 2.24) is 9.97 Å². The summed E-state index contributed by atoms with van der Waals surface area (Å²) in [5.41, 5.74) is 4.43. The van der Waals surface area contributed by atoms with Crippen molar-refractivity contribution in [2.45, 2.75) is 233 Å². The van der Waals surface area contributed by atoms with Gasteiger partial charge in [-0.15, -0.1) is 0 Å². The van der Waals surface area contributed by atoms with Gasteiger partial charge in [0, 0.05) is 17.8 Å². The molecule has 0 saturated carbocycles. The maximum atomic E-state index is 5.23. The molecule has 42 heavy (non-hydrogen) atoms. The number of hydrogen-bond acceptors (Lipinski definition) is 2. The first-order valence-electron chi connectivity index (χ1n) is 19.6. The van der Waals surface area contributed by atoms with Crippen molar-refractivity contribution < 1.29 is 0 Å². The molecule has 0 amide bonds. The lowest BCUT2D eigenvalue weighted by atomic mass is 9.96. The third-order valence-corrected chi connectivity index (χ3v) is 9.26. The Balaban J connectivity index is 2.66. The molecule has 0 radical (unpaired) electrons. The van der Waals surface area contributed by atoms with E-state index in [-0.39, 0.29) is 0 Å². The van der Waals surface area contributed by atoms with E-state index in [1.807, 2.05) is 0 Å². The Kier molecular flexibility index (Phi) is 28.0. The summed E-state index contributed by atoms with van der Waals surface area (Å²) in [6.45, 7) is 9.21. The summed E-state index contributed by atoms with van der Waals surface area (Å²) in [6, 6.07) is 0. The first kappa shape index (κ1) is 39.1. The highest BCUT2D eigenvalue weighted by molar-refractivity contribution is 5.27. The second kappa shape index (κ2) is 30.1. The average Bonchev–Trinajstić information content (AvgIpc) is 2.99. The molecule has 1 heterocycles. The molecule has 0 aliphatic rings. The van der Waals surface area contributed by atoms with Crippen LogP contribution in [0.4, 0.5) is 0 Å². The number of aromatic nitrogens is 2. The van der Waals surface area contributed by atoms with E-state index in [2.05, 4.69) is 27.7 Å². The molecule has 0 aromatic carbocycles. The van der Waals surface area contributed by atoms with Crippen molar-refractivity contribution in [3.05, 3.63) is 22.8 Å². The van der Waals surface area contributed by atoms with Crippen LogP contribution in [0.2, 0.25) is 0 Å². The van der Waals surface area contributed by atoms with Gasteiger partial charge in [0.2, 0.25) is 0 Å². The fourth-order valence-corrected chi connectivity index (χ4v) is 6.49. The Hall–Kier alpha value is -0.920. The topological polar surface area (TPSA) is 25.8 Å². The minimum atomic E-state index is 1.04. The summed E-state index contributed by atoms with van der Waals surface area (Å²) in [6.07, 6.45) is 43.4. The van der Waals surface area contributed by atoms with Crippen LogP contribution >= 0.6 is 0 Å².